The van der Waals surface area contributed by atoms with E-state index in [4.69, 9.17) is 0 Å². The zero-order chi connectivity index (χ0) is 13.8. The summed E-state index contributed by atoms with van der Waals surface area (Å²) in [5.74, 6) is 1.85. The quantitative estimate of drug-likeness (QED) is 0.363. The van der Waals surface area contributed by atoms with Gasteiger partial charge in [0.2, 0.25) is 0 Å². The van der Waals surface area contributed by atoms with E-state index < -0.39 is 0 Å². The van der Waals surface area contributed by atoms with Gasteiger partial charge in [-0.15, -0.1) is 0 Å². The van der Waals surface area contributed by atoms with Crippen molar-refractivity contribution in [3.8, 4) is 0 Å². The summed E-state index contributed by atoms with van der Waals surface area (Å²) in [5.41, 5.74) is 0. The van der Waals surface area contributed by atoms with Crippen LogP contribution in [0.5, 0.6) is 0 Å². The molecule has 0 aromatic heterocycles. The molecule has 3 unspecified atom stereocenters. The summed E-state index contributed by atoms with van der Waals surface area (Å²) in [6.07, 6.45) is 15.0. The Balaban J connectivity index is 3.79. The normalized spacial score (nSPS) is 16.5. The Kier molecular flexibility index (Phi) is 12.6. The van der Waals surface area contributed by atoms with Crippen molar-refractivity contribution in [2.75, 3.05) is 6.26 Å². The van der Waals surface area contributed by atoms with Gasteiger partial charge in [-0.3, -0.25) is 0 Å². The molecule has 1 heteroatoms. The maximum absolute atomic E-state index is 2.49. The van der Waals surface area contributed by atoms with Crippen molar-refractivity contribution in [2.45, 2.75) is 90.7 Å². The Hall–Kier alpha value is 0.350. The van der Waals surface area contributed by atoms with E-state index in [-0.39, 0.29) is 0 Å². The van der Waals surface area contributed by atoms with Crippen LogP contribution in [0.4, 0.5) is 0 Å². The van der Waals surface area contributed by atoms with Crippen molar-refractivity contribution in [1.82, 2.24) is 0 Å². The zero-order valence-corrected chi connectivity index (χ0v) is 14.3. The molecule has 0 aliphatic heterocycles. The van der Waals surface area contributed by atoms with E-state index in [0.29, 0.717) is 0 Å². The van der Waals surface area contributed by atoms with Crippen LogP contribution in [0.2, 0.25) is 0 Å². The largest absolute Gasteiger partial charge is 0.162 e. The number of unbranched alkanes of at least 4 members (excludes halogenated alkanes) is 5. The van der Waals surface area contributed by atoms with E-state index >= 15 is 0 Å². The predicted molar refractivity (Wildman–Crippen MR) is 88.5 cm³/mol. The van der Waals surface area contributed by atoms with Crippen LogP contribution in [0, 0.1) is 11.8 Å². The first-order chi connectivity index (χ1) is 8.71. The molecule has 3 atom stereocenters. The average molecular weight is 273 g/mol. The zero-order valence-electron chi connectivity index (χ0n) is 13.5. The Morgan fingerprint density at radius 3 is 1.94 bits per heavy atom. The Bertz CT molecular complexity index is 163. The molecule has 110 valence electrons. The summed E-state index contributed by atoms with van der Waals surface area (Å²) in [6.45, 7) is 9.50. The Morgan fingerprint density at radius 1 is 0.833 bits per heavy atom. The molecule has 0 aliphatic carbocycles. The first-order valence-corrected chi connectivity index (χ1v) is 9.52. The van der Waals surface area contributed by atoms with Crippen LogP contribution in [0.25, 0.3) is 0 Å². The number of hydrogen-bond donors (Lipinski definition) is 0. The SMILES string of the molecule is CCCCCCCCC(C)C(CC)C(CC)SC. The predicted octanol–water partition coefficient (Wildman–Crippen LogP) is 6.54. The van der Waals surface area contributed by atoms with Gasteiger partial charge in [0.25, 0.3) is 0 Å². The smallest absolute Gasteiger partial charge is 0.00723 e. The van der Waals surface area contributed by atoms with Crippen molar-refractivity contribution in [3.63, 3.8) is 0 Å². The van der Waals surface area contributed by atoms with Crippen molar-refractivity contribution in [3.05, 3.63) is 0 Å². The Labute approximate surface area is 121 Å². The van der Waals surface area contributed by atoms with Gasteiger partial charge < -0.3 is 0 Å². The molecule has 0 spiro atoms. The first-order valence-electron chi connectivity index (χ1n) is 8.23. The second-order valence-electron chi connectivity index (χ2n) is 5.79. The molecule has 0 aromatic rings. The number of rotatable bonds is 12. The molecule has 0 fully saturated rings. The maximum Gasteiger partial charge on any atom is 0.00723 e. The molecule has 0 heterocycles. The molecule has 0 radical (unpaired) electrons. The summed E-state index contributed by atoms with van der Waals surface area (Å²) in [7, 11) is 0. The highest BCUT2D eigenvalue weighted by atomic mass is 32.2. The van der Waals surface area contributed by atoms with E-state index in [0.717, 1.165) is 17.1 Å². The summed E-state index contributed by atoms with van der Waals surface area (Å²) in [4.78, 5) is 0. The fourth-order valence-electron chi connectivity index (χ4n) is 3.14. The van der Waals surface area contributed by atoms with Gasteiger partial charge in [0.1, 0.15) is 0 Å². The standard InChI is InChI=1S/C17H36S/c1-6-9-10-11-12-13-14-15(4)16(7-2)17(8-3)18-5/h15-17H,6-14H2,1-5H3. The molecule has 0 rings (SSSR count). The molecule has 18 heavy (non-hydrogen) atoms. The summed E-state index contributed by atoms with van der Waals surface area (Å²) >= 11 is 2.08. The monoisotopic (exact) mass is 272 g/mol. The van der Waals surface area contributed by atoms with Gasteiger partial charge in [-0.1, -0.05) is 79.1 Å². The molecular weight excluding hydrogens is 236 g/mol. The molecule has 0 amide bonds. The van der Waals surface area contributed by atoms with Crippen LogP contribution in [0.1, 0.15) is 85.5 Å². The minimum Gasteiger partial charge on any atom is -0.162 e. The summed E-state index contributed by atoms with van der Waals surface area (Å²) in [5, 5.41) is 0.880. The van der Waals surface area contributed by atoms with Gasteiger partial charge >= 0.3 is 0 Å². The topological polar surface area (TPSA) is 0 Å². The molecule has 0 saturated heterocycles. The lowest BCUT2D eigenvalue weighted by Crippen LogP contribution is -2.23. The fraction of sp³-hybridized carbons (Fsp3) is 1.00. The van der Waals surface area contributed by atoms with Gasteiger partial charge in [0.15, 0.2) is 0 Å². The van der Waals surface area contributed by atoms with Crippen LogP contribution in [-0.4, -0.2) is 11.5 Å². The van der Waals surface area contributed by atoms with Gasteiger partial charge in [0, 0.05) is 5.25 Å². The maximum atomic E-state index is 2.49. The molecular formula is C17H36S. The van der Waals surface area contributed by atoms with Gasteiger partial charge in [-0.25, -0.2) is 0 Å². The molecule has 0 saturated carbocycles. The van der Waals surface area contributed by atoms with E-state index in [1.54, 1.807) is 0 Å². The second kappa shape index (κ2) is 12.4. The van der Waals surface area contributed by atoms with Crippen LogP contribution in [0.15, 0.2) is 0 Å². The van der Waals surface area contributed by atoms with Crippen molar-refractivity contribution in [2.24, 2.45) is 11.8 Å². The van der Waals surface area contributed by atoms with Crippen LogP contribution >= 0.6 is 11.8 Å². The minimum atomic E-state index is 0.880. The highest BCUT2D eigenvalue weighted by molar-refractivity contribution is 7.99. The van der Waals surface area contributed by atoms with Gasteiger partial charge in [-0.05, 0) is 24.5 Å². The third-order valence-corrected chi connectivity index (χ3v) is 5.69. The van der Waals surface area contributed by atoms with Crippen molar-refractivity contribution < 1.29 is 0 Å². The average Bonchev–Trinajstić information content (AvgIpc) is 2.39. The molecule has 0 N–H and O–H groups in total. The van der Waals surface area contributed by atoms with Crippen LogP contribution in [-0.2, 0) is 0 Å². The van der Waals surface area contributed by atoms with Crippen molar-refractivity contribution >= 4 is 11.8 Å². The third kappa shape index (κ3) is 7.71. The molecule has 0 bridgehead atoms. The van der Waals surface area contributed by atoms with E-state index in [2.05, 4.69) is 45.7 Å². The van der Waals surface area contributed by atoms with E-state index in [1.165, 1.54) is 57.8 Å². The van der Waals surface area contributed by atoms with Crippen LogP contribution < -0.4 is 0 Å². The number of hydrogen-bond acceptors (Lipinski definition) is 1. The highest BCUT2D eigenvalue weighted by Crippen LogP contribution is 2.32. The number of thioether (sulfide) groups is 1. The third-order valence-electron chi connectivity index (χ3n) is 4.40. The second-order valence-corrected chi connectivity index (χ2v) is 6.87. The minimum absolute atomic E-state index is 0.880. The Morgan fingerprint density at radius 2 is 1.44 bits per heavy atom. The van der Waals surface area contributed by atoms with Crippen LogP contribution in [0.3, 0.4) is 0 Å². The van der Waals surface area contributed by atoms with Crippen molar-refractivity contribution in [1.29, 1.82) is 0 Å². The van der Waals surface area contributed by atoms with E-state index in [1.807, 2.05) is 0 Å². The summed E-state index contributed by atoms with van der Waals surface area (Å²) < 4.78 is 0. The summed E-state index contributed by atoms with van der Waals surface area (Å²) in [6, 6.07) is 0. The molecule has 0 aromatic carbocycles. The highest BCUT2D eigenvalue weighted by Gasteiger charge is 2.22. The fourth-order valence-corrected chi connectivity index (χ4v) is 4.28. The van der Waals surface area contributed by atoms with E-state index in [9.17, 15) is 0 Å². The lowest BCUT2D eigenvalue weighted by Gasteiger charge is -2.29. The van der Waals surface area contributed by atoms with Gasteiger partial charge in [0.05, 0.1) is 0 Å². The molecule has 0 nitrogen and oxygen atoms in total. The first kappa shape index (κ1) is 18.4. The lowest BCUT2D eigenvalue weighted by atomic mass is 9.84. The van der Waals surface area contributed by atoms with Gasteiger partial charge in [-0.2, -0.15) is 11.8 Å². The molecule has 0 aliphatic rings. The lowest BCUT2D eigenvalue weighted by molar-refractivity contribution is 0.306.